The van der Waals surface area contributed by atoms with E-state index in [4.69, 9.17) is 14.6 Å². The lowest BCUT2D eigenvalue weighted by Crippen LogP contribution is -2.45. The molecule has 1 aliphatic heterocycles. The topological polar surface area (TPSA) is 164 Å². The van der Waals surface area contributed by atoms with E-state index in [1.807, 2.05) is 0 Å². The molecule has 1 rings (SSSR count). The maximum absolute atomic E-state index is 11.9. The molecule has 0 aromatic rings. The smallest absolute Gasteiger partial charge is 0.343 e. The largest absolute Gasteiger partial charge is 0.479 e. The van der Waals surface area contributed by atoms with Gasteiger partial charge in [0.25, 0.3) is 0 Å². The number of carbonyl (C=O) groups is 5. The molecule has 1 fully saturated rings. The molecule has 0 aromatic heterocycles. The summed E-state index contributed by atoms with van der Waals surface area (Å²) < 4.78 is 9.67. The van der Waals surface area contributed by atoms with Gasteiger partial charge in [0, 0.05) is 12.3 Å². The van der Waals surface area contributed by atoms with Crippen LogP contribution in [0.3, 0.4) is 0 Å². The monoisotopic (exact) mass is 360 g/mol. The fraction of sp³-hybridized carbons (Fsp3) is 0.667. The van der Waals surface area contributed by atoms with E-state index < -0.39 is 72.1 Å². The Morgan fingerprint density at radius 1 is 1.32 bits per heavy atom. The van der Waals surface area contributed by atoms with Crippen molar-refractivity contribution in [1.29, 1.82) is 0 Å². The summed E-state index contributed by atoms with van der Waals surface area (Å²) in [6, 6.07) is 0. The van der Waals surface area contributed by atoms with Gasteiger partial charge in [0.1, 0.15) is 5.78 Å². The van der Waals surface area contributed by atoms with Gasteiger partial charge in [-0.2, -0.15) is 0 Å². The second-order valence-corrected chi connectivity index (χ2v) is 6.27. The first-order valence-corrected chi connectivity index (χ1v) is 7.39. The molecular formula is C15H20O10. The summed E-state index contributed by atoms with van der Waals surface area (Å²) in [7, 11) is 0. The molecule has 1 aliphatic rings. The van der Waals surface area contributed by atoms with Crippen LogP contribution in [0.5, 0.6) is 0 Å². The van der Waals surface area contributed by atoms with E-state index in [0.717, 1.165) is 6.92 Å². The van der Waals surface area contributed by atoms with E-state index in [9.17, 15) is 34.2 Å². The third-order valence-corrected chi connectivity index (χ3v) is 4.08. The third kappa shape index (κ3) is 4.40. The fourth-order valence-corrected chi connectivity index (χ4v) is 2.33. The standard InChI is InChI=1S/C15H20O10/c1-7(14(3)11(19)10(18)12(20)25-14)6-24-9(17)5-15(23,13(21)22)4-8(2)16/h7,10,18,23H,4-6H2,1-3H3,(H,21,22). The lowest BCUT2D eigenvalue weighted by molar-refractivity contribution is -0.171. The van der Waals surface area contributed by atoms with E-state index in [-0.39, 0.29) is 0 Å². The number of ether oxygens (including phenoxy) is 2. The first-order chi connectivity index (χ1) is 11.3. The molecule has 10 nitrogen and oxygen atoms in total. The Morgan fingerprint density at radius 3 is 2.28 bits per heavy atom. The number of carboxylic acids is 1. The molecule has 1 heterocycles. The Morgan fingerprint density at radius 2 is 1.88 bits per heavy atom. The average molecular weight is 360 g/mol. The zero-order chi connectivity index (χ0) is 19.6. The molecule has 4 atom stereocenters. The molecule has 25 heavy (non-hydrogen) atoms. The van der Waals surface area contributed by atoms with Gasteiger partial charge < -0.3 is 24.8 Å². The van der Waals surface area contributed by atoms with E-state index in [2.05, 4.69) is 0 Å². The number of aliphatic hydroxyl groups is 2. The van der Waals surface area contributed by atoms with Gasteiger partial charge in [0.05, 0.1) is 13.0 Å². The van der Waals surface area contributed by atoms with E-state index in [0.29, 0.717) is 0 Å². The van der Waals surface area contributed by atoms with Crippen LogP contribution < -0.4 is 0 Å². The van der Waals surface area contributed by atoms with Gasteiger partial charge in [-0.15, -0.1) is 0 Å². The summed E-state index contributed by atoms with van der Waals surface area (Å²) in [4.78, 5) is 57.0. The van der Waals surface area contributed by atoms with Gasteiger partial charge >= 0.3 is 17.9 Å². The minimum atomic E-state index is -2.60. The molecule has 0 aromatic carbocycles. The normalized spacial score (nSPS) is 26.5. The van der Waals surface area contributed by atoms with Crippen molar-refractivity contribution in [3.05, 3.63) is 0 Å². The third-order valence-electron chi connectivity index (χ3n) is 4.08. The van der Waals surface area contributed by atoms with Gasteiger partial charge in [-0.1, -0.05) is 6.92 Å². The number of aliphatic carboxylic acids is 1. The number of esters is 2. The number of hydrogen-bond acceptors (Lipinski definition) is 9. The Balaban J connectivity index is 2.70. The molecule has 0 bridgehead atoms. The van der Waals surface area contributed by atoms with Crippen molar-refractivity contribution in [2.45, 2.75) is 50.9 Å². The molecule has 3 N–H and O–H groups in total. The fourth-order valence-electron chi connectivity index (χ4n) is 2.33. The minimum absolute atomic E-state index is 0.434. The number of cyclic esters (lactones) is 1. The van der Waals surface area contributed by atoms with Crippen molar-refractivity contribution in [3.8, 4) is 0 Å². The second-order valence-electron chi connectivity index (χ2n) is 6.27. The van der Waals surface area contributed by atoms with Crippen LogP contribution in [0.4, 0.5) is 0 Å². The molecule has 0 aliphatic carbocycles. The average Bonchev–Trinajstić information content (AvgIpc) is 2.68. The molecule has 0 amide bonds. The van der Waals surface area contributed by atoms with Crippen LogP contribution in [-0.4, -0.2) is 68.7 Å². The van der Waals surface area contributed by atoms with Gasteiger partial charge in [0.15, 0.2) is 11.2 Å². The lowest BCUT2D eigenvalue weighted by atomic mass is 9.87. The van der Waals surface area contributed by atoms with Gasteiger partial charge in [0.2, 0.25) is 11.9 Å². The zero-order valence-corrected chi connectivity index (χ0v) is 14.0. The quantitative estimate of drug-likeness (QED) is 0.346. The molecular weight excluding hydrogens is 340 g/mol. The van der Waals surface area contributed by atoms with Crippen molar-refractivity contribution in [1.82, 2.24) is 0 Å². The number of hydrogen-bond donors (Lipinski definition) is 3. The number of aliphatic hydroxyl groups excluding tert-OH is 1. The van der Waals surface area contributed by atoms with Crippen LogP contribution in [0.25, 0.3) is 0 Å². The summed E-state index contributed by atoms with van der Waals surface area (Å²) in [5, 5.41) is 28.2. The molecule has 0 spiro atoms. The first-order valence-electron chi connectivity index (χ1n) is 7.39. The predicted octanol–water partition coefficient (Wildman–Crippen LogP) is -1.40. The zero-order valence-electron chi connectivity index (χ0n) is 14.0. The van der Waals surface area contributed by atoms with Crippen molar-refractivity contribution in [2.24, 2.45) is 5.92 Å². The summed E-state index contributed by atoms with van der Waals surface area (Å²) in [6.07, 6.45) is -3.65. The van der Waals surface area contributed by atoms with E-state index in [1.165, 1.54) is 13.8 Å². The van der Waals surface area contributed by atoms with Crippen molar-refractivity contribution in [2.75, 3.05) is 6.61 Å². The van der Waals surface area contributed by atoms with Gasteiger partial charge in [-0.3, -0.25) is 14.4 Å². The highest BCUT2D eigenvalue weighted by Gasteiger charge is 2.55. The van der Waals surface area contributed by atoms with Crippen molar-refractivity contribution in [3.63, 3.8) is 0 Å². The van der Waals surface area contributed by atoms with Crippen LogP contribution in [0.2, 0.25) is 0 Å². The highest BCUT2D eigenvalue weighted by Crippen LogP contribution is 2.31. The number of carboxylic acid groups (broad SMARTS) is 1. The molecule has 140 valence electrons. The summed E-state index contributed by atoms with van der Waals surface area (Å²) in [5.74, 6) is -6.31. The highest BCUT2D eigenvalue weighted by atomic mass is 16.6. The summed E-state index contributed by atoms with van der Waals surface area (Å²) in [5.41, 5.74) is -4.29. The first kappa shape index (κ1) is 20.7. The van der Waals surface area contributed by atoms with E-state index in [1.54, 1.807) is 0 Å². The Labute approximate surface area is 142 Å². The van der Waals surface area contributed by atoms with Crippen LogP contribution in [0.1, 0.15) is 33.6 Å². The Kier molecular flexibility index (Phi) is 6.03. The van der Waals surface area contributed by atoms with Crippen LogP contribution in [0.15, 0.2) is 0 Å². The Bertz CT molecular complexity index is 611. The summed E-state index contributed by atoms with van der Waals surface area (Å²) >= 11 is 0. The highest BCUT2D eigenvalue weighted by molar-refractivity contribution is 6.11. The minimum Gasteiger partial charge on any atom is -0.479 e. The molecule has 1 saturated heterocycles. The molecule has 0 radical (unpaired) electrons. The van der Waals surface area contributed by atoms with Crippen molar-refractivity contribution < 1.29 is 48.8 Å². The van der Waals surface area contributed by atoms with Crippen LogP contribution in [-0.2, 0) is 33.4 Å². The maximum atomic E-state index is 11.9. The van der Waals surface area contributed by atoms with Crippen molar-refractivity contribution >= 4 is 29.5 Å². The number of rotatable bonds is 8. The Hall–Kier alpha value is -2.33. The number of ketones is 2. The predicted molar refractivity (Wildman–Crippen MR) is 78.1 cm³/mol. The number of Topliss-reactive ketones (excluding diaryl/α,β-unsaturated/α-hetero) is 2. The SMILES string of the molecule is CC(=O)CC(O)(CC(=O)OCC(C)C1(C)OC(=O)C(O)C1=O)C(=O)O. The van der Waals surface area contributed by atoms with Crippen LogP contribution in [0, 0.1) is 5.92 Å². The van der Waals surface area contributed by atoms with Crippen LogP contribution >= 0.6 is 0 Å². The summed E-state index contributed by atoms with van der Waals surface area (Å²) in [6.45, 7) is 3.31. The maximum Gasteiger partial charge on any atom is 0.343 e. The number of carbonyl (C=O) groups excluding carboxylic acids is 4. The molecule has 10 heteroatoms. The van der Waals surface area contributed by atoms with Gasteiger partial charge in [-0.05, 0) is 13.8 Å². The van der Waals surface area contributed by atoms with Gasteiger partial charge in [-0.25, -0.2) is 9.59 Å². The molecule has 4 unspecified atom stereocenters. The molecule has 0 saturated carbocycles. The second kappa shape index (κ2) is 7.28. The van der Waals surface area contributed by atoms with E-state index >= 15 is 0 Å². The lowest BCUT2D eigenvalue weighted by Gasteiger charge is -2.28.